The first-order valence-corrected chi connectivity index (χ1v) is 12.5. The Morgan fingerprint density at radius 1 is 0.939 bits per heavy atom. The number of hydrogen-bond donors (Lipinski definition) is 3. The van der Waals surface area contributed by atoms with Crippen molar-refractivity contribution in [2.45, 2.75) is 38.5 Å². The number of carbonyl (C=O) groups excluding carboxylic acids is 1. The summed E-state index contributed by atoms with van der Waals surface area (Å²) in [5.74, 6) is -2.77. The number of para-hydroxylation sites is 1. The number of carboxylic acid groups (broad SMARTS) is 1. The van der Waals surface area contributed by atoms with Gasteiger partial charge in [0.2, 0.25) is 5.91 Å². The minimum atomic E-state index is -3.79. The molecule has 0 radical (unpaired) electrons. The van der Waals surface area contributed by atoms with Gasteiger partial charge in [-0.25, -0.2) is 8.42 Å². The van der Waals surface area contributed by atoms with Gasteiger partial charge in [-0.2, -0.15) is 0 Å². The Balaban J connectivity index is 1.51. The Kier molecular flexibility index (Phi) is 6.05. The first-order valence-electron chi connectivity index (χ1n) is 11.0. The number of benzene rings is 2. The Hall–Kier alpha value is -3.13. The largest absolute Gasteiger partial charge is 0.481 e. The number of carbonyl (C=O) groups is 2. The van der Waals surface area contributed by atoms with E-state index < -0.39 is 27.8 Å². The third-order valence-corrected chi connectivity index (χ3v) is 8.21. The van der Waals surface area contributed by atoms with E-state index in [4.69, 9.17) is 0 Å². The predicted molar refractivity (Wildman–Crippen MR) is 126 cm³/mol. The molecule has 0 aliphatic heterocycles. The molecule has 0 spiro atoms. The monoisotopic (exact) mass is 468 g/mol. The molecule has 2 fully saturated rings. The van der Waals surface area contributed by atoms with Crippen LogP contribution >= 0.6 is 0 Å². The van der Waals surface area contributed by atoms with E-state index in [1.807, 2.05) is 32.9 Å². The van der Waals surface area contributed by atoms with Gasteiger partial charge in [-0.3, -0.25) is 14.3 Å². The molecule has 8 heteroatoms. The summed E-state index contributed by atoms with van der Waals surface area (Å²) < 4.78 is 28.0. The summed E-state index contributed by atoms with van der Waals surface area (Å²) in [4.78, 5) is 25.2. The van der Waals surface area contributed by atoms with Crippen molar-refractivity contribution < 1.29 is 23.1 Å². The third kappa shape index (κ3) is 4.27. The van der Waals surface area contributed by atoms with Crippen LogP contribution in [-0.2, 0) is 19.6 Å². The number of sulfonamides is 1. The van der Waals surface area contributed by atoms with Crippen molar-refractivity contribution in [3.63, 3.8) is 0 Å². The Bertz CT molecular complexity index is 1230. The number of rotatable bonds is 6. The van der Waals surface area contributed by atoms with Gasteiger partial charge in [-0.15, -0.1) is 0 Å². The normalized spacial score (nSPS) is 23.9. The second kappa shape index (κ2) is 8.67. The molecule has 4 rings (SSSR count). The molecular weight excluding hydrogens is 440 g/mol. The van der Waals surface area contributed by atoms with Crippen LogP contribution in [0.4, 0.5) is 11.4 Å². The van der Waals surface area contributed by atoms with E-state index in [1.165, 1.54) is 24.3 Å². The van der Waals surface area contributed by atoms with Crippen molar-refractivity contribution >= 4 is 33.3 Å². The lowest BCUT2D eigenvalue weighted by Crippen LogP contribution is -2.37. The van der Waals surface area contributed by atoms with E-state index in [1.54, 1.807) is 12.1 Å². The summed E-state index contributed by atoms with van der Waals surface area (Å²) in [5, 5.41) is 12.6. The van der Waals surface area contributed by atoms with E-state index in [9.17, 15) is 23.1 Å². The predicted octanol–water partition coefficient (Wildman–Crippen LogP) is 4.43. The molecule has 4 atom stereocenters. The van der Waals surface area contributed by atoms with Crippen LogP contribution in [0.15, 0.2) is 64.6 Å². The molecule has 33 heavy (non-hydrogen) atoms. The fraction of sp³-hybridized carbons (Fsp3) is 0.360. The highest BCUT2D eigenvalue weighted by Gasteiger charge is 2.57. The molecule has 2 aliphatic carbocycles. The smallest absolute Gasteiger partial charge is 0.307 e. The number of aliphatic carboxylic acids is 1. The zero-order valence-electron chi connectivity index (χ0n) is 18.8. The summed E-state index contributed by atoms with van der Waals surface area (Å²) >= 11 is 0. The number of hydrogen-bond acceptors (Lipinski definition) is 4. The molecule has 0 unspecified atom stereocenters. The Labute approximate surface area is 194 Å². The zero-order chi connectivity index (χ0) is 23.9. The number of allylic oxidation sites excluding steroid dienone is 2. The maximum Gasteiger partial charge on any atom is 0.307 e. The topological polar surface area (TPSA) is 113 Å². The maximum absolute atomic E-state index is 13.1. The van der Waals surface area contributed by atoms with Gasteiger partial charge < -0.3 is 10.4 Å². The Morgan fingerprint density at radius 3 is 2.12 bits per heavy atom. The summed E-state index contributed by atoms with van der Waals surface area (Å²) in [6.07, 6.45) is 1.61. The molecule has 3 N–H and O–H groups in total. The zero-order valence-corrected chi connectivity index (χ0v) is 19.6. The van der Waals surface area contributed by atoms with Gasteiger partial charge in [0.15, 0.2) is 0 Å². The van der Waals surface area contributed by atoms with E-state index in [-0.39, 0.29) is 22.6 Å². The molecule has 2 aliphatic rings. The van der Waals surface area contributed by atoms with Crippen LogP contribution in [0.25, 0.3) is 0 Å². The molecule has 174 valence electrons. The molecule has 7 nitrogen and oxygen atoms in total. The maximum atomic E-state index is 13.1. The molecule has 2 saturated carbocycles. The molecule has 1 amide bonds. The first kappa shape index (κ1) is 23.0. The lowest BCUT2D eigenvalue weighted by molar-refractivity contribution is -0.148. The summed E-state index contributed by atoms with van der Waals surface area (Å²) in [5.41, 5.74) is 3.95. The van der Waals surface area contributed by atoms with Gasteiger partial charge in [0, 0.05) is 5.69 Å². The highest BCUT2D eigenvalue weighted by Crippen LogP contribution is 2.57. The van der Waals surface area contributed by atoms with Gasteiger partial charge >= 0.3 is 5.97 Å². The summed E-state index contributed by atoms with van der Waals surface area (Å²) in [6, 6.07) is 13.0. The molecule has 2 bridgehead atoms. The molecule has 0 heterocycles. The van der Waals surface area contributed by atoms with Crippen molar-refractivity contribution in [1.29, 1.82) is 0 Å². The van der Waals surface area contributed by atoms with Crippen LogP contribution in [-0.4, -0.2) is 25.4 Å². The highest BCUT2D eigenvalue weighted by atomic mass is 32.2. The van der Waals surface area contributed by atoms with Crippen molar-refractivity contribution in [3.8, 4) is 0 Å². The fourth-order valence-corrected chi connectivity index (χ4v) is 6.57. The van der Waals surface area contributed by atoms with E-state index in [2.05, 4.69) is 10.0 Å². The van der Waals surface area contributed by atoms with Gasteiger partial charge in [0.05, 0.1) is 22.4 Å². The molecule has 2 aromatic rings. The molecule has 2 aromatic carbocycles. The van der Waals surface area contributed by atoms with Crippen LogP contribution in [0.5, 0.6) is 0 Å². The minimum absolute atomic E-state index is 0.0564. The highest BCUT2D eigenvalue weighted by molar-refractivity contribution is 7.92. The minimum Gasteiger partial charge on any atom is -0.481 e. The average Bonchev–Trinajstić information content (AvgIpc) is 3.32. The van der Waals surface area contributed by atoms with Gasteiger partial charge in [0.1, 0.15) is 0 Å². The van der Waals surface area contributed by atoms with Crippen LogP contribution in [0.3, 0.4) is 0 Å². The van der Waals surface area contributed by atoms with Gasteiger partial charge in [-0.05, 0) is 81.3 Å². The second-order valence-corrected chi connectivity index (χ2v) is 10.8. The fourth-order valence-electron chi connectivity index (χ4n) is 5.44. The van der Waals surface area contributed by atoms with E-state index in [0.717, 1.165) is 29.6 Å². The van der Waals surface area contributed by atoms with Crippen LogP contribution in [0.1, 0.15) is 32.3 Å². The first-order chi connectivity index (χ1) is 15.6. The number of amides is 1. The number of anilines is 2. The van der Waals surface area contributed by atoms with Crippen LogP contribution in [0, 0.1) is 30.6 Å². The number of fused-ring (bicyclic) bond motifs is 2. The lowest BCUT2D eigenvalue weighted by atomic mass is 9.78. The van der Waals surface area contributed by atoms with Crippen LogP contribution in [0.2, 0.25) is 0 Å². The number of carboxylic acids is 1. The average molecular weight is 469 g/mol. The van der Waals surface area contributed by atoms with Crippen molar-refractivity contribution in [2.24, 2.45) is 23.7 Å². The summed E-state index contributed by atoms with van der Waals surface area (Å²) in [6.45, 7) is 5.77. The number of nitrogens with one attached hydrogen (secondary N) is 2. The van der Waals surface area contributed by atoms with Crippen molar-refractivity contribution in [2.75, 3.05) is 10.0 Å². The quantitative estimate of drug-likeness (QED) is 0.543. The lowest BCUT2D eigenvalue weighted by Gasteiger charge is -2.26. The van der Waals surface area contributed by atoms with Gasteiger partial charge in [0.25, 0.3) is 10.0 Å². The van der Waals surface area contributed by atoms with Crippen molar-refractivity contribution in [1.82, 2.24) is 0 Å². The van der Waals surface area contributed by atoms with Crippen LogP contribution < -0.4 is 10.0 Å². The SMILES string of the molecule is CC(C)=C1[C@H]2CC[C@@H]1[C@@H](C(=O)Nc1ccc(S(=O)(=O)Nc3ccccc3C)cc1)[C@@H]2C(=O)O. The van der Waals surface area contributed by atoms with Gasteiger partial charge in [-0.1, -0.05) is 29.3 Å². The molecule has 0 aromatic heterocycles. The molecule has 0 saturated heterocycles. The summed E-state index contributed by atoms with van der Waals surface area (Å²) in [7, 11) is -3.79. The third-order valence-electron chi connectivity index (χ3n) is 6.83. The Morgan fingerprint density at radius 2 is 1.55 bits per heavy atom. The number of aryl methyl sites for hydroxylation is 1. The molecular formula is C25H28N2O5S. The van der Waals surface area contributed by atoms with Crippen molar-refractivity contribution in [3.05, 3.63) is 65.2 Å². The standard InChI is InChI=1S/C25H28N2O5S/c1-14(2)21-18-12-13-19(21)23(25(29)30)22(18)24(28)26-16-8-10-17(11-9-16)33(31,32)27-20-7-5-4-6-15(20)3/h4-11,18-19,22-23,27H,12-13H2,1-3H3,(H,26,28)(H,29,30)/t18-,19+,22+,23+/m0/s1. The second-order valence-electron chi connectivity index (χ2n) is 9.07. The van der Waals surface area contributed by atoms with E-state index >= 15 is 0 Å². The van der Waals surface area contributed by atoms with E-state index in [0.29, 0.717) is 11.4 Å².